The highest BCUT2D eigenvalue weighted by molar-refractivity contribution is 7.80. The third kappa shape index (κ3) is 10.7. The second kappa shape index (κ2) is 14.6. The number of ether oxygens (including phenoxy) is 2. The molecule has 3 amide bonds. The number of carbonyl (C=O) groups excluding carboxylic acids is 4. The summed E-state index contributed by atoms with van der Waals surface area (Å²) >= 11 is 4.19. The van der Waals surface area contributed by atoms with Crippen molar-refractivity contribution in [1.82, 2.24) is 15.5 Å². The standard InChI is InChI=1S/C31H39N3O7S/c1-8-34(27(37)24(19-42)33-29(39)41-31(5,6)7)25(21-15-12-16-22(35)18-21)26(36)32-23(28(38)40-30(2,3)4)17-20-13-10-9-11-14-20/h1,9-16,18,23-25,35,42H,17,19H2,2-7H3,(H,32,36)(H,33,39). The van der Waals surface area contributed by atoms with Gasteiger partial charge in [-0.1, -0.05) is 48.9 Å². The molecule has 0 saturated heterocycles. The molecule has 2 aromatic carbocycles. The van der Waals surface area contributed by atoms with Crippen LogP contribution in [0.2, 0.25) is 0 Å². The molecule has 226 valence electrons. The van der Waals surface area contributed by atoms with Gasteiger partial charge in [0.05, 0.1) is 0 Å². The van der Waals surface area contributed by atoms with Crippen LogP contribution in [0.15, 0.2) is 54.6 Å². The molecular weight excluding hydrogens is 558 g/mol. The molecule has 11 heteroatoms. The van der Waals surface area contributed by atoms with Crippen molar-refractivity contribution in [3.63, 3.8) is 0 Å². The summed E-state index contributed by atoms with van der Waals surface area (Å²) < 4.78 is 10.8. The Kier molecular flexibility index (Phi) is 11.9. The molecule has 0 aliphatic heterocycles. The zero-order valence-electron chi connectivity index (χ0n) is 24.7. The van der Waals surface area contributed by atoms with Gasteiger partial charge in [0.25, 0.3) is 5.91 Å². The quantitative estimate of drug-likeness (QED) is 0.142. The largest absolute Gasteiger partial charge is 0.508 e. The fourth-order valence-electron chi connectivity index (χ4n) is 3.85. The third-order valence-electron chi connectivity index (χ3n) is 5.53. The number of nitrogens with one attached hydrogen (secondary N) is 2. The van der Waals surface area contributed by atoms with Gasteiger partial charge in [0.15, 0.2) is 0 Å². The van der Waals surface area contributed by atoms with E-state index in [2.05, 4.69) is 29.3 Å². The average Bonchev–Trinajstić information content (AvgIpc) is 2.88. The normalized spacial score (nSPS) is 13.5. The van der Waals surface area contributed by atoms with Gasteiger partial charge < -0.3 is 25.2 Å². The van der Waals surface area contributed by atoms with Gasteiger partial charge in [-0.05, 0) is 64.8 Å². The molecule has 0 spiro atoms. The summed E-state index contributed by atoms with van der Waals surface area (Å²) in [6.07, 6.45) is 4.98. The smallest absolute Gasteiger partial charge is 0.408 e. The van der Waals surface area contributed by atoms with Crippen LogP contribution in [0.5, 0.6) is 5.75 Å². The first-order valence-corrected chi connectivity index (χ1v) is 13.9. The van der Waals surface area contributed by atoms with Crippen molar-refractivity contribution >= 4 is 36.5 Å². The lowest BCUT2D eigenvalue weighted by atomic mass is 10.0. The van der Waals surface area contributed by atoms with Crippen LogP contribution in [0.4, 0.5) is 4.79 Å². The molecule has 2 aromatic rings. The zero-order valence-corrected chi connectivity index (χ0v) is 25.6. The predicted molar refractivity (Wildman–Crippen MR) is 161 cm³/mol. The van der Waals surface area contributed by atoms with Gasteiger partial charge in [-0.3, -0.25) is 14.5 Å². The number of phenolic OH excluding ortho intramolecular Hbond substituents is 1. The summed E-state index contributed by atoms with van der Waals surface area (Å²) in [6, 6.07) is 13.0. The SMILES string of the molecule is C#CN(C(=O)C(CS)NC(=O)OC(C)(C)C)C(C(=O)NC(Cc1ccccc1)C(=O)OC(C)(C)C)c1cccc(O)c1. The van der Waals surface area contributed by atoms with Gasteiger partial charge in [0, 0.05) is 18.2 Å². The molecule has 3 atom stereocenters. The van der Waals surface area contributed by atoms with E-state index < -0.39 is 53.2 Å². The molecule has 0 bridgehead atoms. The lowest BCUT2D eigenvalue weighted by Crippen LogP contribution is -2.54. The number of hydrogen-bond donors (Lipinski definition) is 4. The first-order valence-electron chi connectivity index (χ1n) is 13.3. The molecule has 0 aromatic heterocycles. The number of hydrogen-bond acceptors (Lipinski definition) is 8. The van der Waals surface area contributed by atoms with Gasteiger partial charge in [-0.2, -0.15) is 12.6 Å². The predicted octanol–water partition coefficient (Wildman–Crippen LogP) is 3.74. The minimum absolute atomic E-state index is 0.0950. The van der Waals surface area contributed by atoms with Crippen LogP contribution in [-0.2, 0) is 30.3 Å². The number of nitrogens with zero attached hydrogens (tertiary/aromatic N) is 1. The molecule has 10 nitrogen and oxygen atoms in total. The minimum atomic E-state index is -1.50. The summed E-state index contributed by atoms with van der Waals surface area (Å²) in [7, 11) is 0. The summed E-state index contributed by atoms with van der Waals surface area (Å²) in [6.45, 7) is 10.1. The number of terminal acetylenes is 1. The van der Waals surface area contributed by atoms with Crippen LogP contribution in [-0.4, -0.2) is 62.9 Å². The molecule has 0 aliphatic carbocycles. The van der Waals surface area contributed by atoms with E-state index in [4.69, 9.17) is 15.9 Å². The first-order chi connectivity index (χ1) is 19.5. The first kappa shape index (κ1) is 34.0. The zero-order chi connectivity index (χ0) is 31.7. The number of carbonyl (C=O) groups is 4. The van der Waals surface area contributed by atoms with Crippen molar-refractivity contribution in [3.8, 4) is 18.2 Å². The summed E-state index contributed by atoms with van der Waals surface area (Å²) in [5, 5.41) is 15.3. The maximum absolute atomic E-state index is 13.9. The fraction of sp³-hybridized carbons (Fsp3) is 0.419. The van der Waals surface area contributed by atoms with E-state index >= 15 is 0 Å². The molecule has 0 radical (unpaired) electrons. The minimum Gasteiger partial charge on any atom is -0.508 e. The van der Waals surface area contributed by atoms with Crippen molar-refractivity contribution in [2.24, 2.45) is 0 Å². The average molecular weight is 598 g/mol. The van der Waals surface area contributed by atoms with E-state index in [0.717, 1.165) is 10.5 Å². The molecular formula is C31H39N3O7S. The monoisotopic (exact) mass is 597 g/mol. The van der Waals surface area contributed by atoms with Crippen LogP contribution >= 0.6 is 12.6 Å². The van der Waals surface area contributed by atoms with Gasteiger partial charge in [-0.15, -0.1) is 0 Å². The number of benzene rings is 2. The number of aromatic hydroxyl groups is 1. The Hall–Kier alpha value is -4.17. The Bertz CT molecular complexity index is 1300. The van der Waals surface area contributed by atoms with E-state index in [1.165, 1.54) is 24.3 Å². The lowest BCUT2D eigenvalue weighted by molar-refractivity contribution is -0.159. The second-order valence-electron chi connectivity index (χ2n) is 11.5. The number of alkyl carbamates (subject to hydrolysis) is 1. The van der Waals surface area contributed by atoms with Crippen molar-refractivity contribution in [2.45, 2.75) is 77.3 Å². The van der Waals surface area contributed by atoms with Crippen molar-refractivity contribution in [1.29, 1.82) is 0 Å². The molecule has 0 fully saturated rings. The van der Waals surface area contributed by atoms with E-state index in [1.54, 1.807) is 65.8 Å². The maximum Gasteiger partial charge on any atom is 0.408 e. The van der Waals surface area contributed by atoms with Gasteiger partial charge in [0.2, 0.25) is 5.91 Å². The van der Waals surface area contributed by atoms with Crippen molar-refractivity contribution in [3.05, 3.63) is 65.7 Å². The number of amides is 3. The summed E-state index contributed by atoms with van der Waals surface area (Å²) in [5.41, 5.74) is -0.754. The Labute approximate surface area is 252 Å². The summed E-state index contributed by atoms with van der Waals surface area (Å²) in [4.78, 5) is 54.0. The lowest BCUT2D eigenvalue weighted by Gasteiger charge is -2.31. The van der Waals surface area contributed by atoms with E-state index in [-0.39, 0.29) is 23.5 Å². The molecule has 0 saturated carbocycles. The van der Waals surface area contributed by atoms with Gasteiger partial charge in [0.1, 0.15) is 35.1 Å². The highest BCUT2D eigenvalue weighted by atomic mass is 32.1. The Morgan fingerprint density at radius 2 is 1.55 bits per heavy atom. The number of esters is 1. The van der Waals surface area contributed by atoms with Gasteiger partial charge in [-0.25, -0.2) is 9.59 Å². The van der Waals surface area contributed by atoms with Crippen LogP contribution < -0.4 is 10.6 Å². The topological polar surface area (TPSA) is 134 Å². The third-order valence-corrected chi connectivity index (χ3v) is 5.90. The van der Waals surface area contributed by atoms with Crippen LogP contribution in [0.3, 0.4) is 0 Å². The van der Waals surface area contributed by atoms with Crippen LogP contribution in [0, 0.1) is 12.5 Å². The van der Waals surface area contributed by atoms with Crippen LogP contribution in [0.25, 0.3) is 0 Å². The van der Waals surface area contributed by atoms with Crippen LogP contribution in [0.1, 0.15) is 58.7 Å². The summed E-state index contributed by atoms with van der Waals surface area (Å²) in [5.74, 6) is -2.68. The maximum atomic E-state index is 13.9. The number of phenols is 1. The molecule has 3 unspecified atom stereocenters. The molecule has 42 heavy (non-hydrogen) atoms. The Morgan fingerprint density at radius 1 is 0.929 bits per heavy atom. The van der Waals surface area contributed by atoms with Crippen molar-refractivity contribution < 1.29 is 33.8 Å². The van der Waals surface area contributed by atoms with E-state index in [1.807, 2.05) is 6.07 Å². The number of rotatable bonds is 10. The van der Waals surface area contributed by atoms with E-state index in [9.17, 15) is 24.3 Å². The molecule has 3 N–H and O–H groups in total. The second-order valence-corrected chi connectivity index (χ2v) is 11.9. The van der Waals surface area contributed by atoms with Gasteiger partial charge >= 0.3 is 12.1 Å². The van der Waals surface area contributed by atoms with Crippen molar-refractivity contribution in [2.75, 3.05) is 5.75 Å². The highest BCUT2D eigenvalue weighted by Gasteiger charge is 2.38. The Balaban J connectivity index is 2.48. The molecule has 0 heterocycles. The fourth-order valence-corrected chi connectivity index (χ4v) is 4.10. The molecule has 0 aliphatic rings. The Morgan fingerprint density at radius 3 is 2.07 bits per heavy atom. The number of thiol groups is 1. The highest BCUT2D eigenvalue weighted by Crippen LogP contribution is 2.26. The molecule has 2 rings (SSSR count). The van der Waals surface area contributed by atoms with E-state index in [0.29, 0.717) is 0 Å².